The predicted molar refractivity (Wildman–Crippen MR) is 95.1 cm³/mol. The van der Waals surface area contributed by atoms with Crippen molar-refractivity contribution in [2.45, 2.75) is 19.9 Å². The first-order chi connectivity index (χ1) is 12.5. The van der Waals surface area contributed by atoms with Crippen LogP contribution in [-0.4, -0.2) is 73.6 Å². The van der Waals surface area contributed by atoms with Gasteiger partial charge in [0.2, 0.25) is 5.91 Å². The smallest absolute Gasteiger partial charge is 0.409 e. The second-order valence-corrected chi connectivity index (χ2v) is 5.94. The molecule has 0 bridgehead atoms. The lowest BCUT2D eigenvalue weighted by molar-refractivity contribution is -0.134. The average Bonchev–Trinajstić information content (AvgIpc) is 2.67. The van der Waals surface area contributed by atoms with Crippen molar-refractivity contribution in [1.82, 2.24) is 15.1 Å². The zero-order valence-electron chi connectivity index (χ0n) is 15.4. The van der Waals surface area contributed by atoms with Crippen LogP contribution in [0.3, 0.4) is 0 Å². The number of benzene rings is 1. The zero-order chi connectivity index (χ0) is 19.1. The van der Waals surface area contributed by atoms with Gasteiger partial charge in [-0.05, 0) is 32.0 Å². The van der Waals surface area contributed by atoms with Gasteiger partial charge in [0, 0.05) is 31.7 Å². The predicted octanol–water partition coefficient (Wildman–Crippen LogP) is 1.11. The van der Waals surface area contributed by atoms with Crippen molar-refractivity contribution < 1.29 is 23.9 Å². The van der Waals surface area contributed by atoms with Crippen LogP contribution in [0.15, 0.2) is 24.3 Å². The van der Waals surface area contributed by atoms with Crippen molar-refractivity contribution in [3.8, 4) is 5.75 Å². The number of ether oxygens (including phenoxy) is 2. The molecule has 8 nitrogen and oxygen atoms in total. The molecule has 1 heterocycles. The van der Waals surface area contributed by atoms with Gasteiger partial charge in [0.15, 0.2) is 0 Å². The molecular weight excluding hydrogens is 338 g/mol. The van der Waals surface area contributed by atoms with Gasteiger partial charge in [-0.3, -0.25) is 9.59 Å². The molecule has 1 N–H and O–H groups in total. The summed E-state index contributed by atoms with van der Waals surface area (Å²) >= 11 is 0. The molecule has 1 saturated heterocycles. The van der Waals surface area contributed by atoms with Gasteiger partial charge in [0.25, 0.3) is 5.91 Å². The van der Waals surface area contributed by atoms with E-state index in [0.29, 0.717) is 44.1 Å². The van der Waals surface area contributed by atoms with Crippen LogP contribution in [0.5, 0.6) is 5.75 Å². The summed E-state index contributed by atoms with van der Waals surface area (Å²) in [5.41, 5.74) is 0.427. The van der Waals surface area contributed by atoms with Gasteiger partial charge in [-0.25, -0.2) is 4.79 Å². The van der Waals surface area contributed by atoms with Crippen molar-refractivity contribution in [3.05, 3.63) is 29.8 Å². The molecule has 0 saturated carbocycles. The monoisotopic (exact) mass is 363 g/mol. The van der Waals surface area contributed by atoms with Crippen molar-refractivity contribution in [2.24, 2.45) is 0 Å². The Morgan fingerprint density at radius 2 is 1.81 bits per heavy atom. The van der Waals surface area contributed by atoms with Gasteiger partial charge in [-0.2, -0.15) is 0 Å². The minimum absolute atomic E-state index is 0.176. The summed E-state index contributed by atoms with van der Waals surface area (Å²) in [6.07, 6.45) is -0.362. The number of hydrogen-bond acceptors (Lipinski definition) is 5. The first-order valence-corrected chi connectivity index (χ1v) is 8.61. The lowest BCUT2D eigenvalue weighted by Gasteiger charge is -2.35. The number of hydrogen-bond donors (Lipinski definition) is 1. The molecule has 2 rings (SSSR count). The number of nitrogens with one attached hydrogen (secondary N) is 1. The molecule has 1 aliphatic rings. The molecular formula is C18H25N3O5. The highest BCUT2D eigenvalue weighted by Crippen LogP contribution is 2.13. The molecule has 0 aromatic heterocycles. The van der Waals surface area contributed by atoms with E-state index in [1.807, 2.05) is 0 Å². The number of amides is 3. The Morgan fingerprint density at radius 3 is 2.42 bits per heavy atom. The minimum atomic E-state index is -0.664. The van der Waals surface area contributed by atoms with Gasteiger partial charge >= 0.3 is 6.09 Å². The van der Waals surface area contributed by atoms with E-state index in [1.165, 1.54) is 7.11 Å². The van der Waals surface area contributed by atoms with E-state index in [-0.39, 0.29) is 17.9 Å². The first kappa shape index (κ1) is 19.6. The van der Waals surface area contributed by atoms with Gasteiger partial charge in [-0.15, -0.1) is 0 Å². The van der Waals surface area contributed by atoms with Crippen molar-refractivity contribution in [1.29, 1.82) is 0 Å². The topological polar surface area (TPSA) is 88.2 Å². The standard InChI is InChI=1S/C18H25N3O5/c1-4-26-18(24)21-10-8-20(9-11-21)17(23)13(2)19-16(22)14-6-5-7-15(12-14)25-3/h5-7,12-13H,4,8-11H2,1-3H3,(H,19,22)/t13-/m0/s1. The lowest BCUT2D eigenvalue weighted by atomic mass is 10.1. The van der Waals surface area contributed by atoms with E-state index in [0.717, 1.165) is 0 Å². The van der Waals surface area contributed by atoms with E-state index >= 15 is 0 Å². The SMILES string of the molecule is CCOC(=O)N1CCN(C(=O)[C@H](C)NC(=O)c2cccc(OC)c2)CC1. The number of carbonyl (C=O) groups excluding carboxylic acids is 3. The molecule has 1 aromatic rings. The highest BCUT2D eigenvalue weighted by molar-refractivity contribution is 5.97. The molecule has 0 aliphatic carbocycles. The van der Waals surface area contributed by atoms with Gasteiger partial charge in [0.05, 0.1) is 13.7 Å². The third kappa shape index (κ3) is 4.87. The van der Waals surface area contributed by atoms with Crippen molar-refractivity contribution in [2.75, 3.05) is 39.9 Å². The zero-order valence-corrected chi connectivity index (χ0v) is 15.4. The van der Waals surface area contributed by atoms with Crippen LogP contribution >= 0.6 is 0 Å². The largest absolute Gasteiger partial charge is 0.497 e. The second kappa shape index (κ2) is 9.07. The minimum Gasteiger partial charge on any atom is -0.497 e. The fraction of sp³-hybridized carbons (Fsp3) is 0.500. The number of rotatable bonds is 5. The van der Waals surface area contributed by atoms with E-state index in [9.17, 15) is 14.4 Å². The van der Waals surface area contributed by atoms with Gasteiger partial charge < -0.3 is 24.6 Å². The number of nitrogens with zero attached hydrogens (tertiary/aromatic N) is 2. The molecule has 26 heavy (non-hydrogen) atoms. The van der Waals surface area contributed by atoms with E-state index < -0.39 is 6.04 Å². The molecule has 0 spiro atoms. The summed E-state index contributed by atoms with van der Waals surface area (Å²) in [7, 11) is 1.53. The summed E-state index contributed by atoms with van der Waals surface area (Å²) in [4.78, 5) is 39.8. The second-order valence-electron chi connectivity index (χ2n) is 5.94. The number of carbonyl (C=O) groups is 3. The summed E-state index contributed by atoms with van der Waals surface area (Å²) in [5, 5.41) is 2.71. The molecule has 8 heteroatoms. The van der Waals surface area contributed by atoms with Gasteiger partial charge in [0.1, 0.15) is 11.8 Å². The molecule has 0 radical (unpaired) electrons. The Hall–Kier alpha value is -2.77. The van der Waals surface area contributed by atoms with Crippen molar-refractivity contribution >= 4 is 17.9 Å². The Balaban J connectivity index is 1.87. The van der Waals surface area contributed by atoms with Crippen LogP contribution in [0, 0.1) is 0 Å². The van der Waals surface area contributed by atoms with Gasteiger partial charge in [-0.1, -0.05) is 6.07 Å². The Labute approximate surface area is 153 Å². The molecule has 1 atom stereocenters. The fourth-order valence-corrected chi connectivity index (χ4v) is 2.70. The van der Waals surface area contributed by atoms with Crippen LogP contribution in [0.1, 0.15) is 24.2 Å². The maximum atomic E-state index is 12.5. The third-order valence-electron chi connectivity index (χ3n) is 4.17. The van der Waals surface area contributed by atoms with E-state index in [4.69, 9.17) is 9.47 Å². The first-order valence-electron chi connectivity index (χ1n) is 8.61. The number of methoxy groups -OCH3 is 1. The normalized spacial score (nSPS) is 15.2. The summed E-state index contributed by atoms with van der Waals surface area (Å²) in [6, 6.07) is 6.07. The Bertz CT molecular complexity index is 656. The van der Waals surface area contributed by atoms with E-state index in [1.54, 1.807) is 47.9 Å². The Kier molecular flexibility index (Phi) is 6.82. The van der Waals surface area contributed by atoms with Crippen LogP contribution in [-0.2, 0) is 9.53 Å². The average molecular weight is 363 g/mol. The maximum Gasteiger partial charge on any atom is 0.409 e. The van der Waals surface area contributed by atoms with Crippen LogP contribution in [0.4, 0.5) is 4.79 Å². The highest BCUT2D eigenvalue weighted by atomic mass is 16.6. The third-order valence-corrected chi connectivity index (χ3v) is 4.17. The van der Waals surface area contributed by atoms with E-state index in [2.05, 4.69) is 5.32 Å². The molecule has 0 unspecified atom stereocenters. The summed E-state index contributed by atoms with van der Waals surface area (Å²) in [6.45, 7) is 5.39. The van der Waals surface area contributed by atoms with Crippen LogP contribution < -0.4 is 10.1 Å². The molecule has 142 valence electrons. The lowest BCUT2D eigenvalue weighted by Crippen LogP contribution is -2.55. The molecule has 1 fully saturated rings. The summed E-state index contributed by atoms with van der Waals surface area (Å²) in [5.74, 6) is 0.0615. The maximum absolute atomic E-state index is 12.5. The van der Waals surface area contributed by atoms with Crippen LogP contribution in [0.2, 0.25) is 0 Å². The highest BCUT2D eigenvalue weighted by Gasteiger charge is 2.28. The fourth-order valence-electron chi connectivity index (χ4n) is 2.70. The molecule has 1 aromatic carbocycles. The van der Waals surface area contributed by atoms with Crippen LogP contribution in [0.25, 0.3) is 0 Å². The van der Waals surface area contributed by atoms with Crippen molar-refractivity contribution in [3.63, 3.8) is 0 Å². The number of piperazine rings is 1. The summed E-state index contributed by atoms with van der Waals surface area (Å²) < 4.78 is 10.1. The molecule has 1 aliphatic heterocycles. The quantitative estimate of drug-likeness (QED) is 0.847. The Morgan fingerprint density at radius 1 is 1.15 bits per heavy atom. The molecule has 3 amide bonds.